The van der Waals surface area contributed by atoms with Crippen molar-refractivity contribution in [1.82, 2.24) is 4.98 Å². The molecule has 0 aliphatic rings. The number of carboxylic acid groups (broad SMARTS) is 1. The molecule has 0 radical (unpaired) electrons. The summed E-state index contributed by atoms with van der Waals surface area (Å²) < 4.78 is 1.10. The molecule has 198 valence electrons. The zero-order valence-corrected chi connectivity index (χ0v) is 23.6. The second-order valence-corrected chi connectivity index (χ2v) is 11.6. The minimum atomic E-state index is -1.23. The van der Waals surface area contributed by atoms with Crippen molar-refractivity contribution >= 4 is 62.0 Å². The van der Waals surface area contributed by atoms with Crippen LogP contribution in [0.25, 0.3) is 37.9 Å². The number of thiophene rings is 1. The quantitative estimate of drug-likeness (QED) is 0.153. The molecule has 6 rings (SSSR count). The number of hydrogen-bond donors (Lipinski definition) is 1. The molecule has 41 heavy (non-hydrogen) atoms. The minimum absolute atomic E-state index is 0.287. The van der Waals surface area contributed by atoms with Crippen molar-refractivity contribution in [3.8, 4) is 27.6 Å². The van der Waals surface area contributed by atoms with Crippen molar-refractivity contribution in [1.29, 1.82) is 5.26 Å². The summed E-state index contributed by atoms with van der Waals surface area (Å²) in [5, 5.41) is 19.3. The van der Waals surface area contributed by atoms with Gasteiger partial charge in [0.1, 0.15) is 11.6 Å². The fourth-order valence-corrected chi connectivity index (χ4v) is 6.75. The molecule has 7 heteroatoms. The van der Waals surface area contributed by atoms with E-state index in [1.165, 1.54) is 17.4 Å². The number of fused-ring (bicyclic) bond motifs is 1. The molecule has 6 aromatic rings. The number of rotatable bonds is 7. The number of nitriles is 1. The Bertz CT molecular complexity index is 1890. The summed E-state index contributed by atoms with van der Waals surface area (Å²) in [4.78, 5) is 20.1. The van der Waals surface area contributed by atoms with E-state index in [0.717, 1.165) is 53.9 Å². The number of hydrogen-bond acceptors (Lipinski definition) is 6. The van der Waals surface area contributed by atoms with E-state index in [9.17, 15) is 9.90 Å². The Kier molecular flexibility index (Phi) is 7.17. The molecule has 0 amide bonds. The van der Waals surface area contributed by atoms with Gasteiger partial charge in [-0.15, -0.1) is 22.7 Å². The summed E-state index contributed by atoms with van der Waals surface area (Å²) in [6.07, 6.45) is 1.41. The average molecular weight is 570 g/mol. The van der Waals surface area contributed by atoms with E-state index < -0.39 is 5.97 Å². The first kappa shape index (κ1) is 26.2. The van der Waals surface area contributed by atoms with Crippen molar-refractivity contribution in [2.24, 2.45) is 0 Å². The van der Waals surface area contributed by atoms with Gasteiger partial charge in [-0.1, -0.05) is 60.7 Å². The fraction of sp³-hybridized carbons (Fsp3) is 0.0294. The number of anilines is 3. The summed E-state index contributed by atoms with van der Waals surface area (Å²) >= 11 is 3.10. The third kappa shape index (κ3) is 5.27. The van der Waals surface area contributed by atoms with Crippen molar-refractivity contribution < 1.29 is 9.90 Å². The van der Waals surface area contributed by atoms with Gasteiger partial charge in [0.2, 0.25) is 0 Å². The molecule has 1 N–H and O–H groups in total. The molecule has 0 spiro atoms. The van der Waals surface area contributed by atoms with Gasteiger partial charge in [-0.3, -0.25) is 0 Å². The number of carboxylic acids is 1. The van der Waals surface area contributed by atoms with Crippen molar-refractivity contribution in [2.45, 2.75) is 6.92 Å². The van der Waals surface area contributed by atoms with Crippen LogP contribution in [0.15, 0.2) is 115 Å². The molecule has 0 saturated carbocycles. The number of benzene rings is 4. The first-order chi connectivity index (χ1) is 20.0. The number of thiazole rings is 1. The fourth-order valence-electron chi connectivity index (χ4n) is 4.79. The lowest BCUT2D eigenvalue weighted by Crippen LogP contribution is -2.09. The molecule has 0 atom stereocenters. The highest BCUT2D eigenvalue weighted by Gasteiger charge is 2.17. The van der Waals surface area contributed by atoms with E-state index >= 15 is 0 Å². The Morgan fingerprint density at radius 3 is 2.02 bits per heavy atom. The monoisotopic (exact) mass is 569 g/mol. The molecular formula is C34H23N3O2S2. The van der Waals surface area contributed by atoms with Crippen molar-refractivity contribution in [2.75, 3.05) is 4.90 Å². The zero-order valence-electron chi connectivity index (χ0n) is 22.0. The van der Waals surface area contributed by atoms with Gasteiger partial charge in [-0.05, 0) is 67.1 Å². The highest BCUT2D eigenvalue weighted by atomic mass is 32.1. The van der Waals surface area contributed by atoms with Gasteiger partial charge in [0, 0.05) is 37.9 Å². The van der Waals surface area contributed by atoms with Gasteiger partial charge in [0.15, 0.2) is 0 Å². The molecule has 0 aliphatic heterocycles. The van der Waals surface area contributed by atoms with E-state index in [4.69, 9.17) is 10.2 Å². The largest absolute Gasteiger partial charge is 0.477 e. The average Bonchev–Trinajstić information content (AvgIpc) is 3.63. The third-order valence-corrected chi connectivity index (χ3v) is 8.72. The highest BCUT2D eigenvalue weighted by Crippen LogP contribution is 2.42. The second-order valence-electron chi connectivity index (χ2n) is 9.30. The van der Waals surface area contributed by atoms with Crippen molar-refractivity contribution in [3.63, 3.8) is 0 Å². The minimum Gasteiger partial charge on any atom is -0.477 e. The molecule has 0 unspecified atom stereocenters. The summed E-state index contributed by atoms with van der Waals surface area (Å²) in [6.45, 7) is 2.01. The van der Waals surface area contributed by atoms with E-state index in [0.29, 0.717) is 4.88 Å². The first-order valence-corrected chi connectivity index (χ1v) is 14.5. The summed E-state index contributed by atoms with van der Waals surface area (Å²) in [5.74, 6) is -1.23. The standard InChI is InChI=1S/C34H23N3O2S2/c1-22-36-32-30(31-19-16-28(41-31)20-24(21-35)34(38)39)18-17-29(33(32)40-22)23-12-14-27(15-13-23)37(25-8-4-2-5-9-25)26-10-6-3-7-11-26/h2-20H,1H3,(H,38,39)/b24-20-. The van der Waals surface area contributed by atoms with Crippen LogP contribution in [0.5, 0.6) is 0 Å². The summed E-state index contributed by atoms with van der Waals surface area (Å²) in [5.41, 5.74) is 7.08. The molecule has 5 nitrogen and oxygen atoms in total. The highest BCUT2D eigenvalue weighted by molar-refractivity contribution is 7.19. The number of carbonyl (C=O) groups is 1. The Morgan fingerprint density at radius 1 is 0.805 bits per heavy atom. The summed E-state index contributed by atoms with van der Waals surface area (Å²) in [7, 11) is 0. The van der Waals surface area contributed by atoms with E-state index in [1.807, 2.05) is 55.5 Å². The lowest BCUT2D eigenvalue weighted by Gasteiger charge is -2.25. The van der Waals surface area contributed by atoms with Crippen LogP contribution in [0, 0.1) is 18.3 Å². The second kappa shape index (κ2) is 11.2. The van der Waals surface area contributed by atoms with Gasteiger partial charge in [0.25, 0.3) is 0 Å². The van der Waals surface area contributed by atoms with Crippen LogP contribution in [0.4, 0.5) is 17.1 Å². The maximum absolute atomic E-state index is 11.3. The molecule has 4 aromatic carbocycles. The lowest BCUT2D eigenvalue weighted by molar-refractivity contribution is -0.132. The van der Waals surface area contributed by atoms with Crippen molar-refractivity contribution in [3.05, 3.63) is 125 Å². The SMILES string of the molecule is Cc1nc2c(-c3ccc(/C=C(/C#N)C(=O)O)s3)ccc(-c3ccc(N(c4ccccc4)c4ccccc4)cc3)c2s1. The molecule has 0 saturated heterocycles. The van der Waals surface area contributed by atoms with E-state index in [1.54, 1.807) is 17.4 Å². The number of para-hydroxylation sites is 2. The van der Waals surface area contributed by atoms with Crippen LogP contribution in [0.2, 0.25) is 0 Å². The normalized spacial score (nSPS) is 11.4. The Hall–Kier alpha value is -5.03. The van der Waals surface area contributed by atoms with Crippen LogP contribution < -0.4 is 4.90 Å². The predicted molar refractivity (Wildman–Crippen MR) is 169 cm³/mol. The van der Waals surface area contributed by atoms with Gasteiger partial charge in [-0.2, -0.15) is 5.26 Å². The van der Waals surface area contributed by atoms with Crippen LogP contribution in [0.3, 0.4) is 0 Å². The lowest BCUT2D eigenvalue weighted by atomic mass is 10.0. The first-order valence-electron chi connectivity index (χ1n) is 12.9. The van der Waals surface area contributed by atoms with Crippen LogP contribution in [-0.2, 0) is 4.79 Å². The van der Waals surface area contributed by atoms with Gasteiger partial charge >= 0.3 is 5.97 Å². The Labute approximate surface area is 245 Å². The summed E-state index contributed by atoms with van der Waals surface area (Å²) in [6, 6.07) is 39.0. The predicted octanol–water partition coefficient (Wildman–Crippen LogP) is 9.46. The van der Waals surface area contributed by atoms with E-state index in [2.05, 4.69) is 65.6 Å². The molecule has 2 aromatic heterocycles. The molecule has 2 heterocycles. The van der Waals surface area contributed by atoms with Gasteiger partial charge in [-0.25, -0.2) is 9.78 Å². The smallest absolute Gasteiger partial charge is 0.346 e. The molecule has 0 aliphatic carbocycles. The molecule has 0 fully saturated rings. The molecule has 0 bridgehead atoms. The third-order valence-electron chi connectivity index (χ3n) is 6.65. The van der Waals surface area contributed by atoms with Crippen LogP contribution in [0.1, 0.15) is 9.88 Å². The zero-order chi connectivity index (χ0) is 28.3. The number of aryl methyl sites for hydroxylation is 1. The topological polar surface area (TPSA) is 77.2 Å². The van der Waals surface area contributed by atoms with Gasteiger partial charge < -0.3 is 10.0 Å². The number of aromatic nitrogens is 1. The number of aliphatic carboxylic acids is 1. The van der Waals surface area contributed by atoms with Crippen LogP contribution >= 0.6 is 22.7 Å². The van der Waals surface area contributed by atoms with Gasteiger partial charge in [0.05, 0.1) is 15.2 Å². The number of nitrogens with zero attached hydrogens (tertiary/aromatic N) is 3. The Morgan fingerprint density at radius 2 is 1.41 bits per heavy atom. The molecular weight excluding hydrogens is 547 g/mol. The van der Waals surface area contributed by atoms with Crippen LogP contribution in [-0.4, -0.2) is 16.1 Å². The maximum Gasteiger partial charge on any atom is 0.346 e. The Balaban J connectivity index is 1.38. The van der Waals surface area contributed by atoms with E-state index in [-0.39, 0.29) is 5.57 Å². The maximum atomic E-state index is 11.3.